The molecule has 0 unspecified atom stereocenters. The lowest BCUT2D eigenvalue weighted by molar-refractivity contribution is -0.133. The van der Waals surface area contributed by atoms with Crippen LogP contribution in [0, 0.1) is 6.92 Å². The maximum atomic E-state index is 13.5. The number of benzene rings is 2. The molecule has 5 heteroatoms. The monoisotopic (exact) mass is 460 g/mol. The Morgan fingerprint density at radius 3 is 2.18 bits per heavy atom. The zero-order chi connectivity index (χ0) is 24.5. The number of aryl methyl sites for hydroxylation is 2. The van der Waals surface area contributed by atoms with E-state index in [1.54, 1.807) is 9.80 Å². The molecule has 0 N–H and O–H groups in total. The molecule has 0 aliphatic carbocycles. The van der Waals surface area contributed by atoms with E-state index in [4.69, 9.17) is 4.42 Å². The highest BCUT2D eigenvalue weighted by Gasteiger charge is 2.25. The Labute approximate surface area is 203 Å². The molecule has 0 saturated carbocycles. The second-order valence-corrected chi connectivity index (χ2v) is 9.08. The van der Waals surface area contributed by atoms with Crippen molar-refractivity contribution in [2.24, 2.45) is 0 Å². The lowest BCUT2D eigenvalue weighted by atomic mass is 10.1. The van der Waals surface area contributed by atoms with E-state index in [0.29, 0.717) is 18.7 Å². The average Bonchev–Trinajstić information content (AvgIpc) is 3.25. The summed E-state index contributed by atoms with van der Waals surface area (Å²) in [5, 5.41) is 0. The number of rotatable bonds is 11. The fourth-order valence-electron chi connectivity index (χ4n) is 3.89. The van der Waals surface area contributed by atoms with Gasteiger partial charge in [-0.25, -0.2) is 0 Å². The summed E-state index contributed by atoms with van der Waals surface area (Å²) in [7, 11) is 0. The molecule has 2 amide bonds. The van der Waals surface area contributed by atoms with Crippen molar-refractivity contribution in [3.63, 3.8) is 0 Å². The molecule has 3 aromatic rings. The fraction of sp³-hybridized carbons (Fsp3) is 0.379. The Morgan fingerprint density at radius 2 is 1.59 bits per heavy atom. The minimum atomic E-state index is -0.126. The molecule has 3 rings (SSSR count). The minimum Gasteiger partial charge on any atom is -0.464 e. The third-order valence-electron chi connectivity index (χ3n) is 5.92. The van der Waals surface area contributed by atoms with Crippen LogP contribution in [0.5, 0.6) is 0 Å². The van der Waals surface area contributed by atoms with Gasteiger partial charge >= 0.3 is 0 Å². The van der Waals surface area contributed by atoms with E-state index >= 15 is 0 Å². The number of nitrogens with zero attached hydrogens (tertiary/aromatic N) is 2. The molecule has 1 aromatic heterocycles. The standard InChI is InChI=1S/C29H36N2O3/c1-5-6-10-24-14-16-26(17-15-24)29(33)31(22(2)3)21-28(32)30(19-25-11-8-7-9-12-25)20-27-18-13-23(4)34-27/h7-9,11-18,22H,5-6,10,19-21H2,1-4H3. The number of furan rings is 1. The van der Waals surface area contributed by atoms with Gasteiger partial charge in [-0.2, -0.15) is 0 Å². The topological polar surface area (TPSA) is 53.8 Å². The van der Waals surface area contributed by atoms with Gasteiger partial charge < -0.3 is 14.2 Å². The summed E-state index contributed by atoms with van der Waals surface area (Å²) in [5.74, 6) is 1.30. The first-order chi connectivity index (χ1) is 16.4. The second-order valence-electron chi connectivity index (χ2n) is 9.08. The third kappa shape index (κ3) is 7.08. The summed E-state index contributed by atoms with van der Waals surface area (Å²) in [6.45, 7) is 8.76. The zero-order valence-electron chi connectivity index (χ0n) is 20.8. The lowest BCUT2D eigenvalue weighted by Gasteiger charge is -2.30. The summed E-state index contributed by atoms with van der Waals surface area (Å²) in [4.78, 5) is 30.2. The van der Waals surface area contributed by atoms with Crippen molar-refractivity contribution >= 4 is 11.8 Å². The van der Waals surface area contributed by atoms with E-state index in [1.807, 2.05) is 87.5 Å². The van der Waals surface area contributed by atoms with Crippen LogP contribution in [0.25, 0.3) is 0 Å². The number of hydrogen-bond donors (Lipinski definition) is 0. The number of hydrogen-bond acceptors (Lipinski definition) is 3. The number of carbonyl (C=O) groups is 2. The van der Waals surface area contributed by atoms with Crippen LogP contribution in [0.1, 0.15) is 66.6 Å². The molecule has 0 bridgehead atoms. The summed E-state index contributed by atoms with van der Waals surface area (Å²) in [5.41, 5.74) is 2.87. The van der Waals surface area contributed by atoms with E-state index in [0.717, 1.165) is 36.3 Å². The first-order valence-corrected chi connectivity index (χ1v) is 12.1. The number of amides is 2. The molecule has 0 radical (unpaired) electrons. The normalized spacial score (nSPS) is 11.0. The first-order valence-electron chi connectivity index (χ1n) is 12.1. The first kappa shape index (κ1) is 25.3. The molecule has 0 aliphatic rings. The molecule has 2 aromatic carbocycles. The Kier molecular flexibility index (Phi) is 9.08. The molecule has 34 heavy (non-hydrogen) atoms. The molecular weight excluding hydrogens is 424 g/mol. The number of unbranched alkanes of at least 4 members (excludes halogenated alkanes) is 1. The SMILES string of the molecule is CCCCc1ccc(C(=O)N(CC(=O)N(Cc2ccccc2)Cc2ccc(C)o2)C(C)C)cc1. The van der Waals surface area contributed by atoms with Crippen molar-refractivity contribution in [3.8, 4) is 0 Å². The molecule has 0 atom stereocenters. The molecule has 0 aliphatic heterocycles. The zero-order valence-corrected chi connectivity index (χ0v) is 20.8. The van der Waals surface area contributed by atoms with Gasteiger partial charge in [0, 0.05) is 18.2 Å². The predicted octanol–water partition coefficient (Wildman–Crippen LogP) is 6.01. The van der Waals surface area contributed by atoms with E-state index in [2.05, 4.69) is 6.92 Å². The third-order valence-corrected chi connectivity index (χ3v) is 5.92. The van der Waals surface area contributed by atoms with Crippen molar-refractivity contribution in [2.45, 2.75) is 66.1 Å². The van der Waals surface area contributed by atoms with Gasteiger partial charge in [-0.15, -0.1) is 0 Å². The van der Waals surface area contributed by atoms with E-state index in [-0.39, 0.29) is 24.4 Å². The van der Waals surface area contributed by atoms with Gasteiger partial charge in [0.1, 0.15) is 18.1 Å². The molecule has 5 nitrogen and oxygen atoms in total. The van der Waals surface area contributed by atoms with Crippen LogP contribution in [0.3, 0.4) is 0 Å². The maximum Gasteiger partial charge on any atom is 0.254 e. The largest absolute Gasteiger partial charge is 0.464 e. The minimum absolute atomic E-state index is 0.0145. The highest BCUT2D eigenvalue weighted by molar-refractivity contribution is 5.96. The van der Waals surface area contributed by atoms with Crippen LogP contribution in [-0.4, -0.2) is 34.2 Å². The molecule has 0 spiro atoms. The van der Waals surface area contributed by atoms with Crippen LogP contribution in [0.15, 0.2) is 71.1 Å². The van der Waals surface area contributed by atoms with Gasteiger partial charge in [0.2, 0.25) is 5.91 Å². The van der Waals surface area contributed by atoms with Crippen LogP contribution in [-0.2, 0) is 24.3 Å². The summed E-state index contributed by atoms with van der Waals surface area (Å²) in [6, 6.07) is 21.3. The average molecular weight is 461 g/mol. The van der Waals surface area contributed by atoms with Crippen LogP contribution in [0.4, 0.5) is 0 Å². The van der Waals surface area contributed by atoms with Crippen molar-refractivity contribution in [2.75, 3.05) is 6.54 Å². The lowest BCUT2D eigenvalue weighted by Crippen LogP contribution is -2.45. The molecule has 0 fully saturated rings. The molecule has 1 heterocycles. The Bertz CT molecular complexity index is 1050. The van der Waals surface area contributed by atoms with Crippen molar-refractivity contribution in [1.82, 2.24) is 9.80 Å². The number of carbonyl (C=O) groups excluding carboxylic acids is 2. The van der Waals surface area contributed by atoms with Crippen molar-refractivity contribution < 1.29 is 14.0 Å². The molecule has 180 valence electrons. The van der Waals surface area contributed by atoms with Gasteiger partial charge in [0.25, 0.3) is 5.91 Å². The fourth-order valence-corrected chi connectivity index (χ4v) is 3.89. The second kappa shape index (κ2) is 12.2. The van der Waals surface area contributed by atoms with Gasteiger partial charge in [-0.1, -0.05) is 55.8 Å². The van der Waals surface area contributed by atoms with E-state index in [9.17, 15) is 9.59 Å². The van der Waals surface area contributed by atoms with Crippen molar-refractivity contribution in [1.29, 1.82) is 0 Å². The van der Waals surface area contributed by atoms with Crippen LogP contribution < -0.4 is 0 Å². The van der Waals surface area contributed by atoms with Gasteiger partial charge in [0.05, 0.1) is 6.54 Å². The summed E-state index contributed by atoms with van der Waals surface area (Å²) in [6.07, 6.45) is 3.28. The molecular formula is C29H36N2O3. The van der Waals surface area contributed by atoms with E-state index in [1.165, 1.54) is 5.56 Å². The Balaban J connectivity index is 1.76. The highest BCUT2D eigenvalue weighted by Crippen LogP contribution is 2.16. The van der Waals surface area contributed by atoms with Crippen molar-refractivity contribution in [3.05, 3.63) is 94.9 Å². The van der Waals surface area contributed by atoms with Gasteiger partial charge in [-0.3, -0.25) is 9.59 Å². The summed E-state index contributed by atoms with van der Waals surface area (Å²) >= 11 is 0. The van der Waals surface area contributed by atoms with E-state index < -0.39 is 0 Å². The quantitative estimate of drug-likeness (QED) is 0.352. The van der Waals surface area contributed by atoms with Crippen LogP contribution in [0.2, 0.25) is 0 Å². The molecule has 0 saturated heterocycles. The highest BCUT2D eigenvalue weighted by atomic mass is 16.3. The van der Waals surface area contributed by atoms with Gasteiger partial charge in [-0.05, 0) is 69.0 Å². The summed E-state index contributed by atoms with van der Waals surface area (Å²) < 4.78 is 5.74. The van der Waals surface area contributed by atoms with Gasteiger partial charge in [0.15, 0.2) is 0 Å². The Hall–Kier alpha value is -3.34. The predicted molar refractivity (Wildman–Crippen MR) is 135 cm³/mol. The Morgan fingerprint density at radius 1 is 0.882 bits per heavy atom. The smallest absolute Gasteiger partial charge is 0.254 e. The van der Waals surface area contributed by atoms with Crippen LogP contribution >= 0.6 is 0 Å². The maximum absolute atomic E-state index is 13.5.